The molecule has 12 heteroatoms. The van der Waals surface area contributed by atoms with E-state index in [9.17, 15) is 4.39 Å². The van der Waals surface area contributed by atoms with E-state index >= 15 is 0 Å². The summed E-state index contributed by atoms with van der Waals surface area (Å²) in [5.74, 6) is 0.207. The fourth-order valence-electron chi connectivity index (χ4n) is 4.29. The molecule has 8 nitrogen and oxygen atoms in total. The number of pyridine rings is 2. The van der Waals surface area contributed by atoms with Crippen LogP contribution in [-0.4, -0.2) is 59.9 Å². The van der Waals surface area contributed by atoms with Crippen molar-refractivity contribution in [2.75, 3.05) is 49.3 Å². The highest BCUT2D eigenvalue weighted by molar-refractivity contribution is 7.97. The maximum Gasteiger partial charge on any atom is 0.166 e. The summed E-state index contributed by atoms with van der Waals surface area (Å²) >= 11 is 14.2. The summed E-state index contributed by atoms with van der Waals surface area (Å²) in [5.41, 5.74) is 13.3. The van der Waals surface area contributed by atoms with Gasteiger partial charge in [-0.15, -0.1) is 0 Å². The predicted octanol–water partition coefficient (Wildman–Crippen LogP) is 5.17. The molecule has 3 heterocycles. The average molecular weight is 595 g/mol. The van der Waals surface area contributed by atoms with Crippen molar-refractivity contribution >= 4 is 52.2 Å². The number of anilines is 2. The Bertz CT molecular complexity index is 1290. The van der Waals surface area contributed by atoms with Gasteiger partial charge < -0.3 is 26.4 Å². The number of ether oxygens (including phenoxy) is 1. The van der Waals surface area contributed by atoms with Crippen molar-refractivity contribution in [3.05, 3.63) is 75.4 Å². The highest BCUT2D eigenvalue weighted by Gasteiger charge is 2.39. The molecule has 0 aliphatic carbocycles. The molecule has 0 saturated carbocycles. The van der Waals surface area contributed by atoms with Gasteiger partial charge in [0.1, 0.15) is 11.9 Å². The minimum atomic E-state index is -0.500. The standard InChI is InChI=1S/C25H28Cl2FN7O.C2H6S/c1-14(22-18(26)10-32-11-19(22)27)36-16-3-4-21(30)17(8-16)23(31)15-7-20(28)24(33-9-15)35-12-25(2,13-35)34-6-5-29;1-3-2/h3-4,7-11,14,31,34H,5-6,12-13,29-30H2,1-2H3;1-2H3/t14-;/m1./s1. The molecule has 6 N–H and O–H groups in total. The minimum Gasteiger partial charge on any atom is -0.486 e. The second-order valence-electron chi connectivity index (χ2n) is 9.47. The monoisotopic (exact) mass is 593 g/mol. The van der Waals surface area contributed by atoms with E-state index in [0.29, 0.717) is 64.4 Å². The fraction of sp³-hybridized carbons (Fsp3) is 0.370. The van der Waals surface area contributed by atoms with Crippen LogP contribution in [-0.2, 0) is 0 Å². The normalized spacial score (nSPS) is 14.6. The van der Waals surface area contributed by atoms with Crippen LogP contribution in [0, 0.1) is 11.2 Å². The number of rotatable bonds is 9. The quantitative estimate of drug-likeness (QED) is 0.198. The minimum absolute atomic E-state index is 0.0292. The van der Waals surface area contributed by atoms with Crippen LogP contribution in [0.1, 0.15) is 36.6 Å². The summed E-state index contributed by atoms with van der Waals surface area (Å²) in [6.07, 6.45) is 8.07. The van der Waals surface area contributed by atoms with Crippen molar-refractivity contribution in [3.8, 4) is 5.75 Å². The van der Waals surface area contributed by atoms with Crippen LogP contribution in [0.5, 0.6) is 5.75 Å². The molecule has 1 saturated heterocycles. The summed E-state index contributed by atoms with van der Waals surface area (Å²) < 4.78 is 21.0. The number of benzene rings is 1. The Labute approximate surface area is 243 Å². The van der Waals surface area contributed by atoms with E-state index in [2.05, 4.69) is 22.2 Å². The van der Waals surface area contributed by atoms with Crippen molar-refractivity contribution in [1.29, 1.82) is 5.41 Å². The van der Waals surface area contributed by atoms with Gasteiger partial charge in [-0.05, 0) is 50.6 Å². The molecule has 0 radical (unpaired) electrons. The summed E-state index contributed by atoms with van der Waals surface area (Å²) in [7, 11) is 0. The van der Waals surface area contributed by atoms with Gasteiger partial charge in [-0.2, -0.15) is 11.8 Å². The lowest BCUT2D eigenvalue weighted by atomic mass is 9.92. The lowest BCUT2D eigenvalue weighted by Gasteiger charge is -2.49. The maximum absolute atomic E-state index is 15.0. The Morgan fingerprint density at radius 1 is 1.23 bits per heavy atom. The van der Waals surface area contributed by atoms with Crippen LogP contribution in [0.3, 0.4) is 0 Å². The van der Waals surface area contributed by atoms with Gasteiger partial charge in [-0.1, -0.05) is 23.2 Å². The molecule has 0 unspecified atom stereocenters. The van der Waals surface area contributed by atoms with E-state index in [-0.39, 0.29) is 17.1 Å². The molecule has 1 aliphatic rings. The molecule has 2 aromatic heterocycles. The van der Waals surface area contributed by atoms with Crippen LogP contribution < -0.4 is 26.4 Å². The van der Waals surface area contributed by atoms with E-state index < -0.39 is 11.9 Å². The zero-order valence-electron chi connectivity index (χ0n) is 22.4. The van der Waals surface area contributed by atoms with Crippen LogP contribution in [0.2, 0.25) is 10.0 Å². The fourth-order valence-corrected chi connectivity index (χ4v) is 4.96. The Kier molecular flexibility index (Phi) is 10.8. The number of aromatic nitrogens is 2. The first kappa shape index (κ1) is 30.9. The highest BCUT2D eigenvalue weighted by atomic mass is 35.5. The number of nitrogens with two attached hydrogens (primary N) is 2. The van der Waals surface area contributed by atoms with Crippen LogP contribution in [0.15, 0.2) is 42.9 Å². The molecule has 1 atom stereocenters. The number of halogens is 3. The van der Waals surface area contributed by atoms with Crippen LogP contribution >= 0.6 is 35.0 Å². The largest absolute Gasteiger partial charge is 0.486 e. The predicted molar refractivity (Wildman–Crippen MR) is 161 cm³/mol. The number of thioether (sulfide) groups is 1. The van der Waals surface area contributed by atoms with Crippen molar-refractivity contribution in [1.82, 2.24) is 15.3 Å². The SMILES string of the molecule is CSC.C[C@@H](Oc1ccc(N)c(C(=N)c2cnc(N3CC(C)(NCCN)C3)c(F)c2)c1)c1c(Cl)cncc1Cl. The molecular weight excluding hydrogens is 560 g/mol. The van der Waals surface area contributed by atoms with E-state index in [1.54, 1.807) is 36.9 Å². The molecule has 39 heavy (non-hydrogen) atoms. The number of hydrogen-bond donors (Lipinski definition) is 4. The molecule has 0 spiro atoms. The number of nitrogens with one attached hydrogen (secondary N) is 2. The molecule has 1 aliphatic heterocycles. The molecule has 0 amide bonds. The van der Waals surface area contributed by atoms with Gasteiger partial charge in [-0.25, -0.2) is 9.37 Å². The molecule has 1 aromatic carbocycles. The van der Waals surface area contributed by atoms with Gasteiger partial charge in [0.15, 0.2) is 11.6 Å². The number of hydrogen-bond acceptors (Lipinski definition) is 9. The van der Waals surface area contributed by atoms with Crippen LogP contribution in [0.4, 0.5) is 15.9 Å². The smallest absolute Gasteiger partial charge is 0.166 e. The van der Waals surface area contributed by atoms with Gasteiger partial charge in [0.25, 0.3) is 0 Å². The van der Waals surface area contributed by atoms with E-state index in [1.807, 2.05) is 17.4 Å². The molecule has 3 aromatic rings. The van der Waals surface area contributed by atoms with Gasteiger partial charge in [0.05, 0.1) is 21.3 Å². The maximum atomic E-state index is 15.0. The van der Waals surface area contributed by atoms with E-state index in [4.69, 9.17) is 44.8 Å². The van der Waals surface area contributed by atoms with Crippen LogP contribution in [0.25, 0.3) is 0 Å². The van der Waals surface area contributed by atoms with E-state index in [0.717, 1.165) is 0 Å². The second kappa shape index (κ2) is 13.6. The Balaban J connectivity index is 0.00000134. The lowest BCUT2D eigenvalue weighted by Crippen LogP contribution is -2.68. The number of nitrogen functional groups attached to an aromatic ring is 1. The summed E-state index contributed by atoms with van der Waals surface area (Å²) in [6.45, 7) is 6.34. The third-order valence-corrected chi connectivity index (χ3v) is 6.69. The Morgan fingerprint density at radius 2 is 1.87 bits per heavy atom. The number of nitrogens with zero attached hydrogens (tertiary/aromatic N) is 3. The Morgan fingerprint density at radius 3 is 2.46 bits per heavy atom. The van der Waals surface area contributed by atoms with Crippen molar-refractivity contribution in [2.45, 2.75) is 25.5 Å². The average Bonchev–Trinajstić information content (AvgIpc) is 2.87. The van der Waals surface area contributed by atoms with Gasteiger partial charge in [0, 0.05) is 67.1 Å². The first-order chi connectivity index (χ1) is 18.5. The molecule has 1 fully saturated rings. The third-order valence-electron chi connectivity index (χ3n) is 6.09. The zero-order chi connectivity index (χ0) is 28.7. The summed E-state index contributed by atoms with van der Waals surface area (Å²) in [6, 6.07) is 6.26. The van der Waals surface area contributed by atoms with Gasteiger partial charge >= 0.3 is 0 Å². The Hall–Kier alpha value is -2.63. The molecule has 210 valence electrons. The van der Waals surface area contributed by atoms with Crippen molar-refractivity contribution in [3.63, 3.8) is 0 Å². The van der Waals surface area contributed by atoms with Gasteiger partial charge in [0.2, 0.25) is 0 Å². The topological polar surface area (TPSA) is 126 Å². The zero-order valence-corrected chi connectivity index (χ0v) is 24.7. The molecular formula is C27H34Cl2FN7OS. The summed E-state index contributed by atoms with van der Waals surface area (Å²) in [5, 5.41) is 12.8. The first-order valence-corrected chi connectivity index (χ1v) is 14.6. The van der Waals surface area contributed by atoms with Gasteiger partial charge in [-0.3, -0.25) is 10.4 Å². The third kappa shape index (κ3) is 7.52. The van der Waals surface area contributed by atoms with Crippen molar-refractivity contribution < 1.29 is 9.13 Å². The second-order valence-corrected chi connectivity index (χ2v) is 11.1. The first-order valence-electron chi connectivity index (χ1n) is 12.2. The lowest BCUT2D eigenvalue weighted by molar-refractivity contribution is 0.227. The highest BCUT2D eigenvalue weighted by Crippen LogP contribution is 2.34. The molecule has 0 bridgehead atoms. The summed E-state index contributed by atoms with van der Waals surface area (Å²) in [4.78, 5) is 10.1. The molecule has 4 rings (SSSR count). The van der Waals surface area contributed by atoms with E-state index in [1.165, 1.54) is 24.7 Å². The van der Waals surface area contributed by atoms with Crippen molar-refractivity contribution in [2.24, 2.45) is 5.73 Å².